The Morgan fingerprint density at radius 2 is 1.75 bits per heavy atom. The average Bonchev–Trinajstić information content (AvgIpc) is 2.72. The summed E-state index contributed by atoms with van der Waals surface area (Å²) in [7, 11) is 1.90. The molecule has 0 unspecified atom stereocenters. The molecule has 0 saturated carbocycles. The van der Waals surface area contributed by atoms with Crippen molar-refractivity contribution in [3.05, 3.63) is 48.5 Å². The van der Waals surface area contributed by atoms with E-state index in [4.69, 9.17) is 0 Å². The van der Waals surface area contributed by atoms with Crippen molar-refractivity contribution in [3.63, 3.8) is 0 Å². The molecule has 0 saturated heterocycles. The summed E-state index contributed by atoms with van der Waals surface area (Å²) in [6.45, 7) is 0. The van der Waals surface area contributed by atoms with Crippen molar-refractivity contribution in [2.45, 2.75) is 0 Å². The van der Waals surface area contributed by atoms with Gasteiger partial charge in [-0.3, -0.25) is 0 Å². The van der Waals surface area contributed by atoms with E-state index in [2.05, 4.69) is 40.6 Å². The van der Waals surface area contributed by atoms with E-state index >= 15 is 0 Å². The molecule has 0 radical (unpaired) electrons. The number of hydrogen-bond acceptors (Lipinski definition) is 2. The Morgan fingerprint density at radius 1 is 0.938 bits per heavy atom. The number of nitrogens with zero attached hydrogens (tertiary/aromatic N) is 3. The Hall–Kier alpha value is -2.16. The second-order valence-electron chi connectivity index (χ2n) is 3.78. The lowest BCUT2D eigenvalue weighted by atomic mass is 10.1. The molecule has 3 aromatic rings. The zero-order valence-electron chi connectivity index (χ0n) is 8.96. The van der Waals surface area contributed by atoms with Crippen molar-refractivity contribution in [3.8, 4) is 11.1 Å². The van der Waals surface area contributed by atoms with Crippen LogP contribution >= 0.6 is 0 Å². The maximum Gasteiger partial charge on any atom is 0.113 e. The third kappa shape index (κ3) is 1.37. The minimum absolute atomic E-state index is 0.934. The molecule has 2 aromatic carbocycles. The van der Waals surface area contributed by atoms with Gasteiger partial charge in [-0.1, -0.05) is 41.6 Å². The molecule has 78 valence electrons. The summed E-state index contributed by atoms with van der Waals surface area (Å²) < 4.78 is 1.78. The molecule has 0 aliphatic carbocycles. The van der Waals surface area contributed by atoms with Crippen molar-refractivity contribution in [2.24, 2.45) is 7.05 Å². The molecule has 0 atom stereocenters. The lowest BCUT2D eigenvalue weighted by molar-refractivity contribution is 0.736. The Labute approximate surface area is 93.3 Å². The third-order valence-electron chi connectivity index (χ3n) is 2.72. The molecule has 0 aliphatic heterocycles. The summed E-state index contributed by atoms with van der Waals surface area (Å²) in [5.41, 5.74) is 4.37. The van der Waals surface area contributed by atoms with Gasteiger partial charge in [0.15, 0.2) is 0 Å². The summed E-state index contributed by atoms with van der Waals surface area (Å²) in [4.78, 5) is 0. The van der Waals surface area contributed by atoms with E-state index in [1.807, 2.05) is 25.2 Å². The van der Waals surface area contributed by atoms with Gasteiger partial charge < -0.3 is 0 Å². The lowest BCUT2D eigenvalue weighted by Gasteiger charge is -2.00. The molecule has 1 heterocycles. The maximum absolute atomic E-state index is 4.12. The predicted octanol–water partition coefficient (Wildman–Crippen LogP) is 2.64. The van der Waals surface area contributed by atoms with E-state index in [9.17, 15) is 0 Å². The Morgan fingerprint density at radius 3 is 2.56 bits per heavy atom. The molecule has 3 heteroatoms. The summed E-state index contributed by atoms with van der Waals surface area (Å²) in [5.74, 6) is 0. The monoisotopic (exact) mass is 209 g/mol. The van der Waals surface area contributed by atoms with Gasteiger partial charge in [0.05, 0.1) is 5.52 Å². The fourth-order valence-electron chi connectivity index (χ4n) is 1.85. The third-order valence-corrected chi connectivity index (χ3v) is 2.72. The molecule has 3 nitrogen and oxygen atoms in total. The normalized spacial score (nSPS) is 10.8. The van der Waals surface area contributed by atoms with Gasteiger partial charge in [-0.05, 0) is 23.3 Å². The van der Waals surface area contributed by atoms with E-state index in [0.29, 0.717) is 0 Å². The topological polar surface area (TPSA) is 30.7 Å². The van der Waals surface area contributed by atoms with Crippen LogP contribution in [0.2, 0.25) is 0 Å². The molecule has 1 aromatic heterocycles. The minimum Gasteiger partial charge on any atom is -0.248 e. The molecule has 0 spiro atoms. The van der Waals surface area contributed by atoms with Crippen LogP contribution in [-0.2, 0) is 7.05 Å². The van der Waals surface area contributed by atoms with Gasteiger partial charge in [0.2, 0.25) is 0 Å². The number of aromatic nitrogens is 3. The smallest absolute Gasteiger partial charge is 0.113 e. The van der Waals surface area contributed by atoms with Gasteiger partial charge in [-0.2, -0.15) is 0 Å². The van der Waals surface area contributed by atoms with E-state index < -0.39 is 0 Å². The molecule has 0 amide bonds. The summed E-state index contributed by atoms with van der Waals surface area (Å²) in [6, 6.07) is 16.5. The highest BCUT2D eigenvalue weighted by atomic mass is 15.4. The van der Waals surface area contributed by atoms with Crippen molar-refractivity contribution in [2.75, 3.05) is 0 Å². The average molecular weight is 209 g/mol. The standard InChI is InChI=1S/C13H11N3/c1-16-13-8-7-11(9-12(13)14-15-16)10-5-3-2-4-6-10/h2-9H,1H3. The highest BCUT2D eigenvalue weighted by Crippen LogP contribution is 2.22. The second kappa shape index (κ2) is 3.45. The first-order chi connectivity index (χ1) is 7.84. The van der Waals surface area contributed by atoms with Crippen LogP contribution in [0.4, 0.5) is 0 Å². The van der Waals surface area contributed by atoms with Crippen LogP contribution in [0.25, 0.3) is 22.2 Å². The van der Waals surface area contributed by atoms with E-state index in [-0.39, 0.29) is 0 Å². The molecule has 0 N–H and O–H groups in total. The molecule has 0 aliphatic rings. The van der Waals surface area contributed by atoms with Crippen LogP contribution in [0.3, 0.4) is 0 Å². The molecule has 16 heavy (non-hydrogen) atoms. The number of aryl methyl sites for hydroxylation is 1. The van der Waals surface area contributed by atoms with Crippen LogP contribution in [0, 0.1) is 0 Å². The highest BCUT2D eigenvalue weighted by Gasteiger charge is 2.03. The molecular formula is C13H11N3. The van der Waals surface area contributed by atoms with Gasteiger partial charge in [0.1, 0.15) is 5.52 Å². The molecule has 0 bridgehead atoms. The van der Waals surface area contributed by atoms with Gasteiger partial charge in [0.25, 0.3) is 0 Å². The summed E-state index contributed by atoms with van der Waals surface area (Å²) >= 11 is 0. The van der Waals surface area contributed by atoms with Crippen LogP contribution in [0.1, 0.15) is 0 Å². The van der Waals surface area contributed by atoms with Gasteiger partial charge >= 0.3 is 0 Å². The van der Waals surface area contributed by atoms with E-state index in [0.717, 1.165) is 11.0 Å². The molecule has 3 rings (SSSR count). The van der Waals surface area contributed by atoms with E-state index in [1.165, 1.54) is 11.1 Å². The second-order valence-corrected chi connectivity index (χ2v) is 3.78. The van der Waals surface area contributed by atoms with Crippen LogP contribution < -0.4 is 0 Å². The number of fused-ring (bicyclic) bond motifs is 1. The Bertz CT molecular complexity index is 626. The minimum atomic E-state index is 0.934. The van der Waals surface area contributed by atoms with Crippen molar-refractivity contribution < 1.29 is 0 Å². The van der Waals surface area contributed by atoms with Crippen LogP contribution in [0.5, 0.6) is 0 Å². The van der Waals surface area contributed by atoms with Crippen molar-refractivity contribution in [1.29, 1.82) is 0 Å². The fraction of sp³-hybridized carbons (Fsp3) is 0.0769. The maximum atomic E-state index is 4.12. The van der Waals surface area contributed by atoms with Crippen LogP contribution in [0.15, 0.2) is 48.5 Å². The van der Waals surface area contributed by atoms with Gasteiger partial charge in [-0.15, -0.1) is 5.10 Å². The number of hydrogen-bond donors (Lipinski definition) is 0. The highest BCUT2D eigenvalue weighted by molar-refractivity contribution is 5.81. The lowest BCUT2D eigenvalue weighted by Crippen LogP contribution is -1.88. The first-order valence-corrected chi connectivity index (χ1v) is 5.19. The fourth-order valence-corrected chi connectivity index (χ4v) is 1.85. The predicted molar refractivity (Wildman–Crippen MR) is 63.9 cm³/mol. The SMILES string of the molecule is Cn1nnc2cc(-c3ccccc3)ccc21. The van der Waals surface area contributed by atoms with Gasteiger partial charge in [0, 0.05) is 7.05 Å². The molecular weight excluding hydrogens is 198 g/mol. The summed E-state index contributed by atoms with van der Waals surface area (Å²) in [6.07, 6.45) is 0. The van der Waals surface area contributed by atoms with Gasteiger partial charge in [-0.25, -0.2) is 4.68 Å². The number of rotatable bonds is 1. The Kier molecular flexibility index (Phi) is 1.96. The zero-order chi connectivity index (χ0) is 11.0. The summed E-state index contributed by atoms with van der Waals surface area (Å²) in [5, 5.41) is 8.11. The van der Waals surface area contributed by atoms with Crippen molar-refractivity contribution in [1.82, 2.24) is 15.0 Å². The quantitative estimate of drug-likeness (QED) is 0.616. The first kappa shape index (κ1) is 9.09. The molecule has 0 fully saturated rings. The largest absolute Gasteiger partial charge is 0.248 e. The Balaban J connectivity index is 2.19. The van der Waals surface area contributed by atoms with Crippen LogP contribution in [-0.4, -0.2) is 15.0 Å². The zero-order valence-corrected chi connectivity index (χ0v) is 8.96. The van der Waals surface area contributed by atoms with Crippen molar-refractivity contribution >= 4 is 11.0 Å². The number of benzene rings is 2. The van der Waals surface area contributed by atoms with E-state index in [1.54, 1.807) is 4.68 Å². The first-order valence-electron chi connectivity index (χ1n) is 5.19.